The Morgan fingerprint density at radius 3 is 2.47 bits per heavy atom. The van der Waals surface area contributed by atoms with Gasteiger partial charge in [0, 0.05) is 13.1 Å². The third-order valence-electron chi connectivity index (χ3n) is 3.30. The average molecular weight is 262 g/mol. The Morgan fingerprint density at radius 1 is 1.21 bits per heavy atom. The maximum atomic E-state index is 12.1. The number of aryl methyl sites for hydroxylation is 1. The van der Waals surface area contributed by atoms with E-state index < -0.39 is 0 Å². The molecule has 1 aromatic carbocycles. The fourth-order valence-electron chi connectivity index (χ4n) is 2.15. The molecule has 0 aliphatic carbocycles. The van der Waals surface area contributed by atoms with E-state index in [0.29, 0.717) is 0 Å². The summed E-state index contributed by atoms with van der Waals surface area (Å²) >= 11 is 0. The molecule has 1 aliphatic rings. The van der Waals surface area contributed by atoms with Gasteiger partial charge in [-0.2, -0.15) is 0 Å². The molecule has 0 radical (unpaired) electrons. The molecule has 1 amide bonds. The highest BCUT2D eigenvalue weighted by molar-refractivity contribution is 5.77. The summed E-state index contributed by atoms with van der Waals surface area (Å²) in [6.07, 6.45) is 2.02. The van der Waals surface area contributed by atoms with Gasteiger partial charge < -0.3 is 15.0 Å². The van der Waals surface area contributed by atoms with E-state index in [1.165, 1.54) is 5.56 Å². The first kappa shape index (κ1) is 13.9. The van der Waals surface area contributed by atoms with Gasteiger partial charge in [-0.3, -0.25) is 4.79 Å². The van der Waals surface area contributed by atoms with E-state index >= 15 is 0 Å². The van der Waals surface area contributed by atoms with Gasteiger partial charge in [0.05, 0.1) is 0 Å². The molecule has 2 rings (SSSR count). The van der Waals surface area contributed by atoms with E-state index in [9.17, 15) is 4.79 Å². The Labute approximate surface area is 114 Å². The molecule has 4 heteroatoms. The van der Waals surface area contributed by atoms with E-state index in [1.54, 1.807) is 0 Å². The van der Waals surface area contributed by atoms with Gasteiger partial charge in [0.1, 0.15) is 5.75 Å². The molecule has 1 aliphatic heterocycles. The van der Waals surface area contributed by atoms with Crippen LogP contribution in [-0.2, 0) is 4.79 Å². The number of nitrogens with zero attached hydrogens (tertiary/aromatic N) is 1. The van der Waals surface area contributed by atoms with Gasteiger partial charge in [0.15, 0.2) is 6.61 Å². The predicted octanol–water partition coefficient (Wildman–Crippen LogP) is 1.59. The summed E-state index contributed by atoms with van der Waals surface area (Å²) in [6, 6.07) is 7.78. The summed E-state index contributed by atoms with van der Waals surface area (Å²) in [4.78, 5) is 14.0. The van der Waals surface area contributed by atoms with Crippen LogP contribution in [-0.4, -0.2) is 43.6 Å². The van der Waals surface area contributed by atoms with Crippen molar-refractivity contribution in [1.82, 2.24) is 10.2 Å². The first-order chi connectivity index (χ1) is 9.25. The lowest BCUT2D eigenvalue weighted by Gasteiger charge is -2.25. The normalized spacial score (nSPS) is 16.6. The zero-order valence-electron chi connectivity index (χ0n) is 11.5. The van der Waals surface area contributed by atoms with Gasteiger partial charge in [0.25, 0.3) is 5.91 Å². The summed E-state index contributed by atoms with van der Waals surface area (Å²) in [5.74, 6) is 0.843. The summed E-state index contributed by atoms with van der Waals surface area (Å²) in [6.45, 7) is 5.79. The molecule has 0 atom stereocenters. The largest absolute Gasteiger partial charge is 0.484 e. The molecule has 1 N–H and O–H groups in total. The minimum Gasteiger partial charge on any atom is -0.484 e. The summed E-state index contributed by atoms with van der Waals surface area (Å²) in [7, 11) is 0. The van der Waals surface area contributed by atoms with Gasteiger partial charge in [0.2, 0.25) is 0 Å². The van der Waals surface area contributed by atoms with Crippen LogP contribution < -0.4 is 10.1 Å². The van der Waals surface area contributed by atoms with Gasteiger partial charge in [-0.05, 0) is 45.0 Å². The molecular weight excluding hydrogens is 240 g/mol. The zero-order valence-corrected chi connectivity index (χ0v) is 11.5. The molecule has 104 valence electrons. The zero-order chi connectivity index (χ0) is 13.5. The highest BCUT2D eigenvalue weighted by Gasteiger charge is 2.14. The maximum absolute atomic E-state index is 12.1. The molecule has 1 heterocycles. The van der Waals surface area contributed by atoms with Crippen molar-refractivity contribution in [2.75, 3.05) is 32.8 Å². The van der Waals surface area contributed by atoms with Crippen molar-refractivity contribution in [2.45, 2.75) is 19.8 Å². The standard InChI is InChI=1S/C15H22N2O2/c1-13-4-6-14(7-5-13)19-12-15(18)17-10-2-8-16-9-3-11-17/h4-7,16H,2-3,8-12H2,1H3. The second kappa shape index (κ2) is 7.14. The lowest BCUT2D eigenvalue weighted by Crippen LogP contribution is -2.40. The van der Waals surface area contributed by atoms with Crippen molar-refractivity contribution < 1.29 is 9.53 Å². The summed E-state index contributed by atoms with van der Waals surface area (Å²) < 4.78 is 5.54. The molecule has 1 fully saturated rings. The first-order valence-corrected chi connectivity index (χ1v) is 6.94. The maximum Gasteiger partial charge on any atom is 0.260 e. The van der Waals surface area contributed by atoms with E-state index in [4.69, 9.17) is 4.74 Å². The van der Waals surface area contributed by atoms with Crippen molar-refractivity contribution in [3.05, 3.63) is 29.8 Å². The highest BCUT2D eigenvalue weighted by atomic mass is 16.5. The van der Waals surface area contributed by atoms with Crippen LogP contribution in [0.2, 0.25) is 0 Å². The first-order valence-electron chi connectivity index (χ1n) is 6.94. The third kappa shape index (κ3) is 4.56. The number of hydrogen-bond acceptors (Lipinski definition) is 3. The van der Waals surface area contributed by atoms with Crippen molar-refractivity contribution in [2.24, 2.45) is 0 Å². The lowest BCUT2D eigenvalue weighted by molar-refractivity contribution is -0.133. The summed E-state index contributed by atoms with van der Waals surface area (Å²) in [5.41, 5.74) is 1.19. The summed E-state index contributed by atoms with van der Waals surface area (Å²) in [5, 5.41) is 3.34. The van der Waals surface area contributed by atoms with E-state index in [1.807, 2.05) is 36.1 Å². The molecule has 0 unspecified atom stereocenters. The molecule has 0 bridgehead atoms. The van der Waals surface area contributed by atoms with Crippen LogP contribution in [0.15, 0.2) is 24.3 Å². The quantitative estimate of drug-likeness (QED) is 0.899. The Balaban J connectivity index is 1.80. The van der Waals surface area contributed by atoms with E-state index in [2.05, 4.69) is 5.32 Å². The number of ether oxygens (including phenoxy) is 1. The van der Waals surface area contributed by atoms with Crippen LogP contribution in [0.3, 0.4) is 0 Å². The number of amides is 1. The molecular formula is C15H22N2O2. The highest BCUT2D eigenvalue weighted by Crippen LogP contribution is 2.11. The van der Waals surface area contributed by atoms with Crippen molar-refractivity contribution in [1.29, 1.82) is 0 Å². The Bertz CT molecular complexity index is 395. The Morgan fingerprint density at radius 2 is 1.84 bits per heavy atom. The lowest BCUT2D eigenvalue weighted by atomic mass is 10.2. The number of hydrogen-bond donors (Lipinski definition) is 1. The van der Waals surface area contributed by atoms with E-state index in [-0.39, 0.29) is 12.5 Å². The third-order valence-corrected chi connectivity index (χ3v) is 3.30. The van der Waals surface area contributed by atoms with Crippen LogP contribution in [0.1, 0.15) is 18.4 Å². The molecule has 1 aromatic rings. The minimum atomic E-state index is 0.0856. The van der Waals surface area contributed by atoms with Crippen LogP contribution >= 0.6 is 0 Å². The van der Waals surface area contributed by atoms with Crippen molar-refractivity contribution in [3.8, 4) is 5.75 Å². The monoisotopic (exact) mass is 262 g/mol. The number of carbonyl (C=O) groups excluding carboxylic acids is 1. The number of nitrogens with one attached hydrogen (secondary N) is 1. The van der Waals surface area contributed by atoms with Crippen molar-refractivity contribution >= 4 is 5.91 Å². The number of carbonyl (C=O) groups is 1. The average Bonchev–Trinajstić information content (AvgIpc) is 2.37. The molecule has 4 nitrogen and oxygen atoms in total. The fourth-order valence-corrected chi connectivity index (χ4v) is 2.15. The Kier molecular flexibility index (Phi) is 5.21. The number of benzene rings is 1. The predicted molar refractivity (Wildman–Crippen MR) is 75.4 cm³/mol. The number of rotatable bonds is 3. The van der Waals surface area contributed by atoms with Crippen LogP contribution in [0.25, 0.3) is 0 Å². The molecule has 0 aromatic heterocycles. The van der Waals surface area contributed by atoms with Gasteiger partial charge in [-0.15, -0.1) is 0 Å². The van der Waals surface area contributed by atoms with Gasteiger partial charge in [-0.25, -0.2) is 0 Å². The molecule has 0 saturated carbocycles. The molecule has 0 spiro atoms. The van der Waals surface area contributed by atoms with Crippen molar-refractivity contribution in [3.63, 3.8) is 0 Å². The minimum absolute atomic E-state index is 0.0856. The van der Waals surface area contributed by atoms with Gasteiger partial charge in [-0.1, -0.05) is 17.7 Å². The Hall–Kier alpha value is -1.55. The molecule has 1 saturated heterocycles. The van der Waals surface area contributed by atoms with E-state index in [0.717, 1.165) is 44.8 Å². The second-order valence-electron chi connectivity index (χ2n) is 4.94. The smallest absolute Gasteiger partial charge is 0.260 e. The van der Waals surface area contributed by atoms with Crippen LogP contribution in [0, 0.1) is 6.92 Å². The van der Waals surface area contributed by atoms with Crippen LogP contribution in [0.4, 0.5) is 0 Å². The second-order valence-corrected chi connectivity index (χ2v) is 4.94. The topological polar surface area (TPSA) is 41.6 Å². The molecule has 19 heavy (non-hydrogen) atoms. The van der Waals surface area contributed by atoms with Gasteiger partial charge >= 0.3 is 0 Å². The fraction of sp³-hybridized carbons (Fsp3) is 0.533. The SMILES string of the molecule is Cc1ccc(OCC(=O)N2CCCNCCC2)cc1. The van der Waals surface area contributed by atoms with Crippen LogP contribution in [0.5, 0.6) is 5.75 Å².